The van der Waals surface area contributed by atoms with Crippen molar-refractivity contribution < 1.29 is 28.2 Å². The highest BCUT2D eigenvalue weighted by Gasteiger charge is 2.30. The molecule has 152 valence electrons. The Morgan fingerprint density at radius 3 is 2.93 bits per heavy atom. The Labute approximate surface area is 167 Å². The number of hydrogen-bond donors (Lipinski definition) is 1. The second-order valence-electron chi connectivity index (χ2n) is 6.88. The Balaban J connectivity index is 1.63. The fraction of sp³-hybridized carbons (Fsp3) is 0.333. The maximum atomic E-state index is 13.7. The lowest BCUT2D eigenvalue weighted by Crippen LogP contribution is -2.44. The summed E-state index contributed by atoms with van der Waals surface area (Å²) in [4.78, 5) is 25.7. The molecule has 0 radical (unpaired) electrons. The van der Waals surface area contributed by atoms with Crippen LogP contribution in [-0.2, 0) is 20.9 Å². The molecule has 4 rings (SSSR count). The fourth-order valence-electron chi connectivity index (χ4n) is 3.53. The van der Waals surface area contributed by atoms with Gasteiger partial charge in [0.15, 0.2) is 6.61 Å². The molecular weight excluding hydrogens is 379 g/mol. The van der Waals surface area contributed by atoms with Crippen molar-refractivity contribution in [2.75, 3.05) is 30.0 Å². The van der Waals surface area contributed by atoms with E-state index in [1.54, 1.807) is 19.1 Å². The van der Waals surface area contributed by atoms with E-state index in [1.807, 2.05) is 17.0 Å². The fourth-order valence-corrected chi connectivity index (χ4v) is 3.53. The van der Waals surface area contributed by atoms with Gasteiger partial charge < -0.3 is 24.4 Å². The summed E-state index contributed by atoms with van der Waals surface area (Å²) >= 11 is 0. The Hall–Kier alpha value is -3.29. The van der Waals surface area contributed by atoms with E-state index in [2.05, 4.69) is 5.32 Å². The lowest BCUT2D eigenvalue weighted by molar-refractivity contribution is -0.143. The van der Waals surface area contributed by atoms with Crippen LogP contribution in [0.5, 0.6) is 11.5 Å². The highest BCUT2D eigenvalue weighted by atomic mass is 19.1. The van der Waals surface area contributed by atoms with Gasteiger partial charge in [-0.25, -0.2) is 4.39 Å². The number of amides is 1. The van der Waals surface area contributed by atoms with E-state index in [0.717, 1.165) is 5.56 Å². The van der Waals surface area contributed by atoms with Crippen LogP contribution in [-0.4, -0.2) is 37.7 Å². The maximum Gasteiger partial charge on any atom is 0.307 e. The van der Waals surface area contributed by atoms with Crippen molar-refractivity contribution in [2.24, 2.45) is 0 Å². The van der Waals surface area contributed by atoms with E-state index in [1.165, 1.54) is 12.1 Å². The zero-order valence-corrected chi connectivity index (χ0v) is 15.9. The zero-order valence-electron chi connectivity index (χ0n) is 15.9. The molecule has 1 N–H and O–H groups in total. The lowest BCUT2D eigenvalue weighted by Gasteiger charge is -2.38. The second kappa shape index (κ2) is 7.98. The third kappa shape index (κ3) is 4.11. The van der Waals surface area contributed by atoms with Crippen molar-refractivity contribution in [3.8, 4) is 11.5 Å². The minimum Gasteiger partial charge on any atom is -0.489 e. The van der Waals surface area contributed by atoms with Gasteiger partial charge in [-0.3, -0.25) is 9.59 Å². The standard InChI is InChI=1S/C21H21FN2O5/c1-2-27-21(26)9-15-11-28-19-8-14(22)4-5-17(19)24(15)10-13-3-6-18-16(7-13)23-20(25)12-29-18/h3-8,15H,2,9-12H2,1H3,(H,23,25)/t15-/m0/s1. The molecule has 1 atom stereocenters. The molecule has 0 saturated heterocycles. The van der Waals surface area contributed by atoms with Gasteiger partial charge in [-0.2, -0.15) is 0 Å². The topological polar surface area (TPSA) is 77.1 Å². The van der Waals surface area contributed by atoms with Crippen molar-refractivity contribution in [1.82, 2.24) is 0 Å². The third-order valence-electron chi connectivity index (χ3n) is 4.84. The average molecular weight is 400 g/mol. The molecule has 0 bridgehead atoms. The van der Waals surface area contributed by atoms with Gasteiger partial charge in [-0.15, -0.1) is 0 Å². The number of fused-ring (bicyclic) bond motifs is 2. The van der Waals surface area contributed by atoms with Crippen LogP contribution in [0.3, 0.4) is 0 Å². The first kappa shape index (κ1) is 19.0. The number of carbonyl (C=O) groups excluding carboxylic acids is 2. The minimum absolute atomic E-state index is 0.00361. The SMILES string of the molecule is CCOC(=O)C[C@H]1COc2cc(F)ccc2N1Cc1ccc2c(c1)NC(=O)CO2. The molecule has 2 aliphatic heterocycles. The van der Waals surface area contributed by atoms with Crippen LogP contribution in [0.4, 0.5) is 15.8 Å². The quantitative estimate of drug-likeness (QED) is 0.778. The summed E-state index contributed by atoms with van der Waals surface area (Å²) in [5, 5.41) is 2.79. The second-order valence-corrected chi connectivity index (χ2v) is 6.88. The van der Waals surface area contributed by atoms with Gasteiger partial charge in [0, 0.05) is 12.6 Å². The highest BCUT2D eigenvalue weighted by molar-refractivity contribution is 5.95. The number of anilines is 2. The number of rotatable bonds is 5. The van der Waals surface area contributed by atoms with Crippen molar-refractivity contribution in [3.63, 3.8) is 0 Å². The molecule has 2 aromatic rings. The van der Waals surface area contributed by atoms with Crippen LogP contribution < -0.4 is 19.7 Å². The summed E-state index contributed by atoms with van der Waals surface area (Å²) < 4.78 is 29.9. The lowest BCUT2D eigenvalue weighted by atomic mass is 10.1. The maximum absolute atomic E-state index is 13.7. The van der Waals surface area contributed by atoms with E-state index in [4.69, 9.17) is 14.2 Å². The first-order valence-electron chi connectivity index (χ1n) is 9.43. The number of nitrogens with one attached hydrogen (secondary N) is 1. The normalized spacial score (nSPS) is 17.4. The Kier molecular flexibility index (Phi) is 5.24. The van der Waals surface area contributed by atoms with Gasteiger partial charge in [0.1, 0.15) is 23.9 Å². The molecule has 0 aliphatic carbocycles. The summed E-state index contributed by atoms with van der Waals surface area (Å²) in [6, 6.07) is 9.62. The molecule has 2 heterocycles. The summed E-state index contributed by atoms with van der Waals surface area (Å²) in [5.74, 6) is 0.131. The smallest absolute Gasteiger partial charge is 0.307 e. The van der Waals surface area contributed by atoms with Gasteiger partial charge >= 0.3 is 5.97 Å². The van der Waals surface area contributed by atoms with Gasteiger partial charge in [0.05, 0.1) is 30.4 Å². The molecule has 7 nitrogen and oxygen atoms in total. The predicted octanol–water partition coefficient (Wildman–Crippen LogP) is 2.88. The monoisotopic (exact) mass is 400 g/mol. The highest BCUT2D eigenvalue weighted by Crippen LogP contribution is 2.37. The van der Waals surface area contributed by atoms with Gasteiger partial charge in [-0.05, 0) is 36.8 Å². The molecule has 0 unspecified atom stereocenters. The number of ether oxygens (including phenoxy) is 3. The Bertz CT molecular complexity index is 949. The molecule has 2 aliphatic rings. The van der Waals surface area contributed by atoms with Crippen LogP contribution in [0.25, 0.3) is 0 Å². The van der Waals surface area contributed by atoms with Crippen LogP contribution >= 0.6 is 0 Å². The number of esters is 1. The zero-order chi connectivity index (χ0) is 20.4. The summed E-state index contributed by atoms with van der Waals surface area (Å²) in [6.45, 7) is 2.74. The van der Waals surface area contributed by atoms with Gasteiger partial charge in [0.2, 0.25) is 0 Å². The number of nitrogens with zero attached hydrogens (tertiary/aromatic N) is 1. The number of benzene rings is 2. The van der Waals surface area contributed by atoms with E-state index < -0.39 is 0 Å². The van der Waals surface area contributed by atoms with Crippen molar-refractivity contribution in [1.29, 1.82) is 0 Å². The van der Waals surface area contributed by atoms with Crippen LogP contribution in [0.15, 0.2) is 36.4 Å². The molecule has 0 fully saturated rings. The molecular formula is C21H21FN2O5. The number of carbonyl (C=O) groups is 2. The van der Waals surface area contributed by atoms with E-state index >= 15 is 0 Å². The molecule has 0 spiro atoms. The predicted molar refractivity (Wildman–Crippen MR) is 104 cm³/mol. The first-order valence-corrected chi connectivity index (χ1v) is 9.43. The minimum atomic E-state index is -0.388. The van der Waals surface area contributed by atoms with Gasteiger partial charge in [0.25, 0.3) is 5.91 Å². The van der Waals surface area contributed by atoms with Crippen molar-refractivity contribution in [3.05, 3.63) is 47.8 Å². The van der Waals surface area contributed by atoms with Crippen molar-refractivity contribution in [2.45, 2.75) is 25.9 Å². The van der Waals surface area contributed by atoms with Gasteiger partial charge in [-0.1, -0.05) is 6.07 Å². The summed E-state index contributed by atoms with van der Waals surface area (Å²) in [7, 11) is 0. The van der Waals surface area contributed by atoms with E-state index in [0.29, 0.717) is 36.0 Å². The Morgan fingerprint density at radius 2 is 2.10 bits per heavy atom. The van der Waals surface area contributed by atoms with E-state index in [9.17, 15) is 14.0 Å². The van der Waals surface area contributed by atoms with Crippen molar-refractivity contribution >= 4 is 23.3 Å². The average Bonchev–Trinajstić information content (AvgIpc) is 2.69. The number of hydrogen-bond acceptors (Lipinski definition) is 6. The summed E-state index contributed by atoms with van der Waals surface area (Å²) in [5.41, 5.74) is 2.21. The molecule has 8 heteroatoms. The third-order valence-corrected chi connectivity index (χ3v) is 4.84. The Morgan fingerprint density at radius 1 is 1.24 bits per heavy atom. The molecule has 2 aromatic carbocycles. The molecule has 0 saturated carbocycles. The molecule has 29 heavy (non-hydrogen) atoms. The van der Waals surface area contributed by atoms with Crippen LogP contribution in [0.2, 0.25) is 0 Å². The van der Waals surface area contributed by atoms with E-state index in [-0.39, 0.29) is 43.4 Å². The summed E-state index contributed by atoms with van der Waals surface area (Å²) in [6.07, 6.45) is 0.148. The molecule has 1 amide bonds. The largest absolute Gasteiger partial charge is 0.489 e. The van der Waals surface area contributed by atoms with Crippen LogP contribution in [0.1, 0.15) is 18.9 Å². The van der Waals surface area contributed by atoms with Crippen LogP contribution in [0, 0.1) is 5.82 Å². The molecule has 0 aromatic heterocycles. The number of halogens is 1. The first-order chi connectivity index (χ1) is 14.0.